The number of benzene rings is 1. The van der Waals surface area contributed by atoms with Crippen LogP contribution in [0.3, 0.4) is 0 Å². The van der Waals surface area contributed by atoms with Gasteiger partial charge in [-0.15, -0.1) is 0 Å². The van der Waals surface area contributed by atoms with E-state index in [1.165, 1.54) is 6.07 Å². The van der Waals surface area contributed by atoms with Gasteiger partial charge in [0.15, 0.2) is 0 Å². The van der Waals surface area contributed by atoms with E-state index < -0.39 is 4.92 Å². The van der Waals surface area contributed by atoms with Crippen LogP contribution in [0.4, 0.5) is 5.69 Å². The van der Waals surface area contributed by atoms with Crippen LogP contribution in [0.25, 0.3) is 0 Å². The van der Waals surface area contributed by atoms with Gasteiger partial charge < -0.3 is 10.5 Å². The molecule has 6 nitrogen and oxygen atoms in total. The minimum atomic E-state index is -0.454. The van der Waals surface area contributed by atoms with Gasteiger partial charge in [0.25, 0.3) is 0 Å². The Kier molecular flexibility index (Phi) is 4.49. The Morgan fingerprint density at radius 1 is 1.38 bits per heavy atom. The maximum Gasteiger partial charge on any atom is 0.311 e. The summed E-state index contributed by atoms with van der Waals surface area (Å²) >= 11 is 0. The Labute approximate surface area is 122 Å². The van der Waals surface area contributed by atoms with Crippen LogP contribution >= 0.6 is 0 Å². The van der Waals surface area contributed by atoms with Gasteiger partial charge in [-0.05, 0) is 30.5 Å². The van der Waals surface area contributed by atoms with E-state index in [0.717, 1.165) is 17.5 Å². The van der Waals surface area contributed by atoms with Crippen LogP contribution in [-0.4, -0.2) is 9.91 Å². The topological polar surface area (TPSA) is 91.3 Å². The summed E-state index contributed by atoms with van der Waals surface area (Å²) in [5.41, 5.74) is 7.44. The smallest absolute Gasteiger partial charge is 0.311 e. The first-order valence-corrected chi connectivity index (χ1v) is 6.68. The Bertz CT molecular complexity index is 639. The Morgan fingerprint density at radius 3 is 2.67 bits per heavy atom. The molecule has 0 spiro atoms. The standard InChI is InChI=1S/C15H17N3O3/c1-3-11-4-6-14(13(8-11)18(19)20)21-15-7-5-12(9-17-15)10(2)16/h4-10H,3,16H2,1-2H3/t10-/m1/s1. The van der Waals surface area contributed by atoms with Crippen LogP contribution in [0.2, 0.25) is 0 Å². The van der Waals surface area contributed by atoms with Gasteiger partial charge >= 0.3 is 5.69 Å². The van der Waals surface area contributed by atoms with Crippen molar-refractivity contribution >= 4 is 5.69 Å². The molecule has 0 aliphatic heterocycles. The molecule has 21 heavy (non-hydrogen) atoms. The molecule has 0 aliphatic carbocycles. The summed E-state index contributed by atoms with van der Waals surface area (Å²) in [5, 5.41) is 11.1. The lowest BCUT2D eigenvalue weighted by atomic mass is 10.1. The lowest BCUT2D eigenvalue weighted by Crippen LogP contribution is -2.05. The molecule has 0 unspecified atom stereocenters. The number of nitrogens with two attached hydrogens (primary N) is 1. The van der Waals surface area contributed by atoms with Crippen molar-refractivity contribution in [1.29, 1.82) is 0 Å². The van der Waals surface area contributed by atoms with Crippen molar-refractivity contribution in [3.63, 3.8) is 0 Å². The second-order valence-corrected chi connectivity index (χ2v) is 4.73. The molecule has 0 saturated carbocycles. The molecule has 1 atom stereocenters. The minimum Gasteiger partial charge on any atom is -0.432 e. The number of nitrogens with zero attached hydrogens (tertiary/aromatic N) is 2. The van der Waals surface area contributed by atoms with Crippen LogP contribution in [0.15, 0.2) is 36.5 Å². The van der Waals surface area contributed by atoms with E-state index in [1.54, 1.807) is 30.5 Å². The lowest BCUT2D eigenvalue weighted by molar-refractivity contribution is -0.385. The Hall–Kier alpha value is -2.47. The summed E-state index contributed by atoms with van der Waals surface area (Å²) in [4.78, 5) is 14.8. The number of aromatic nitrogens is 1. The second kappa shape index (κ2) is 6.32. The Balaban J connectivity index is 2.28. The summed E-state index contributed by atoms with van der Waals surface area (Å²) < 4.78 is 5.51. The highest BCUT2D eigenvalue weighted by Gasteiger charge is 2.17. The average Bonchev–Trinajstić information content (AvgIpc) is 2.48. The summed E-state index contributed by atoms with van der Waals surface area (Å²) in [5.74, 6) is 0.477. The fourth-order valence-electron chi connectivity index (χ4n) is 1.85. The molecule has 0 fully saturated rings. The number of hydrogen-bond acceptors (Lipinski definition) is 5. The highest BCUT2D eigenvalue weighted by atomic mass is 16.6. The zero-order valence-electron chi connectivity index (χ0n) is 11.9. The highest BCUT2D eigenvalue weighted by Crippen LogP contribution is 2.31. The van der Waals surface area contributed by atoms with E-state index in [-0.39, 0.29) is 17.5 Å². The largest absolute Gasteiger partial charge is 0.432 e. The molecule has 2 N–H and O–H groups in total. The van der Waals surface area contributed by atoms with E-state index in [4.69, 9.17) is 10.5 Å². The SMILES string of the molecule is CCc1ccc(Oc2ccc([C@@H](C)N)cn2)c([N+](=O)[O-])c1. The van der Waals surface area contributed by atoms with Crippen LogP contribution in [-0.2, 0) is 6.42 Å². The number of hydrogen-bond donors (Lipinski definition) is 1. The van der Waals surface area contributed by atoms with Gasteiger partial charge in [0.1, 0.15) is 0 Å². The fourth-order valence-corrected chi connectivity index (χ4v) is 1.85. The monoisotopic (exact) mass is 287 g/mol. The zero-order valence-corrected chi connectivity index (χ0v) is 11.9. The number of aryl methyl sites for hydroxylation is 1. The van der Waals surface area contributed by atoms with E-state index in [0.29, 0.717) is 5.88 Å². The van der Waals surface area contributed by atoms with Gasteiger partial charge in [0.05, 0.1) is 4.92 Å². The van der Waals surface area contributed by atoms with E-state index >= 15 is 0 Å². The summed E-state index contributed by atoms with van der Waals surface area (Å²) in [6.07, 6.45) is 2.33. The third-order valence-corrected chi connectivity index (χ3v) is 3.13. The second-order valence-electron chi connectivity index (χ2n) is 4.73. The first-order chi connectivity index (χ1) is 10.0. The number of rotatable bonds is 5. The lowest BCUT2D eigenvalue weighted by Gasteiger charge is -2.08. The van der Waals surface area contributed by atoms with Crippen molar-refractivity contribution < 1.29 is 9.66 Å². The molecular formula is C15H17N3O3. The number of ether oxygens (including phenoxy) is 1. The van der Waals surface area contributed by atoms with Gasteiger partial charge in [-0.25, -0.2) is 4.98 Å². The molecule has 0 amide bonds. The molecule has 0 aliphatic rings. The number of pyridine rings is 1. The number of nitro benzene ring substituents is 1. The molecule has 1 heterocycles. The predicted molar refractivity (Wildman–Crippen MR) is 79.4 cm³/mol. The van der Waals surface area contributed by atoms with Crippen molar-refractivity contribution in [3.8, 4) is 11.6 Å². The normalized spacial score (nSPS) is 12.0. The van der Waals surface area contributed by atoms with Gasteiger partial charge in [-0.2, -0.15) is 0 Å². The quantitative estimate of drug-likeness (QED) is 0.672. The fraction of sp³-hybridized carbons (Fsp3) is 0.267. The van der Waals surface area contributed by atoms with Crippen LogP contribution in [0.5, 0.6) is 11.6 Å². The molecule has 2 aromatic rings. The molecule has 110 valence electrons. The van der Waals surface area contributed by atoms with Gasteiger partial charge in [-0.1, -0.05) is 19.1 Å². The molecule has 2 rings (SSSR count). The van der Waals surface area contributed by atoms with Crippen molar-refractivity contribution in [3.05, 3.63) is 57.8 Å². The zero-order chi connectivity index (χ0) is 15.4. The van der Waals surface area contributed by atoms with Crippen molar-refractivity contribution in [2.24, 2.45) is 5.73 Å². The highest BCUT2D eigenvalue weighted by molar-refractivity contribution is 5.50. The van der Waals surface area contributed by atoms with Gasteiger partial charge in [-0.3, -0.25) is 10.1 Å². The maximum atomic E-state index is 11.1. The van der Waals surface area contributed by atoms with Gasteiger partial charge in [0.2, 0.25) is 11.6 Å². The molecule has 0 radical (unpaired) electrons. The minimum absolute atomic E-state index is 0.0626. The third kappa shape index (κ3) is 3.55. The Morgan fingerprint density at radius 2 is 2.14 bits per heavy atom. The van der Waals surface area contributed by atoms with Crippen LogP contribution < -0.4 is 10.5 Å². The van der Waals surface area contributed by atoms with E-state index in [9.17, 15) is 10.1 Å². The van der Waals surface area contributed by atoms with E-state index in [2.05, 4.69) is 4.98 Å². The van der Waals surface area contributed by atoms with Crippen LogP contribution in [0, 0.1) is 10.1 Å². The summed E-state index contributed by atoms with van der Waals surface area (Å²) in [6, 6.07) is 8.24. The van der Waals surface area contributed by atoms with Crippen molar-refractivity contribution in [2.45, 2.75) is 26.3 Å². The van der Waals surface area contributed by atoms with E-state index in [1.807, 2.05) is 13.8 Å². The van der Waals surface area contributed by atoms with Crippen molar-refractivity contribution in [2.75, 3.05) is 0 Å². The predicted octanol–water partition coefficient (Wildman–Crippen LogP) is 3.36. The average molecular weight is 287 g/mol. The summed E-state index contributed by atoms with van der Waals surface area (Å²) in [7, 11) is 0. The summed E-state index contributed by atoms with van der Waals surface area (Å²) in [6.45, 7) is 3.79. The van der Waals surface area contributed by atoms with Gasteiger partial charge in [0, 0.05) is 24.4 Å². The maximum absolute atomic E-state index is 11.1. The third-order valence-electron chi connectivity index (χ3n) is 3.13. The molecule has 0 bridgehead atoms. The first-order valence-electron chi connectivity index (χ1n) is 6.68. The molecule has 6 heteroatoms. The first kappa shape index (κ1) is 14.9. The molecular weight excluding hydrogens is 270 g/mol. The molecule has 0 saturated heterocycles. The van der Waals surface area contributed by atoms with Crippen molar-refractivity contribution in [1.82, 2.24) is 4.98 Å². The van der Waals surface area contributed by atoms with Crippen LogP contribution in [0.1, 0.15) is 31.0 Å². The molecule has 1 aromatic heterocycles. The molecule has 1 aromatic carbocycles. The number of nitro groups is 1.